The quantitative estimate of drug-likeness (QED) is 0.617. The largest absolute Gasteiger partial charge is 0.390 e. The Labute approximate surface area is 89.2 Å². The van der Waals surface area contributed by atoms with Crippen LogP contribution in [0.4, 0.5) is 0 Å². The molecule has 0 fully saturated rings. The lowest BCUT2D eigenvalue weighted by atomic mass is 9.82. The highest BCUT2D eigenvalue weighted by molar-refractivity contribution is 4.84. The van der Waals surface area contributed by atoms with Crippen molar-refractivity contribution in [2.45, 2.75) is 59.0 Å². The first-order chi connectivity index (χ1) is 6.39. The van der Waals surface area contributed by atoms with Gasteiger partial charge in [-0.3, -0.25) is 0 Å². The fourth-order valence-corrected chi connectivity index (χ4v) is 2.18. The Hall–Kier alpha value is -0.300. The second kappa shape index (κ2) is 6.23. The van der Waals surface area contributed by atoms with Crippen LogP contribution in [0.3, 0.4) is 0 Å². The van der Waals surface area contributed by atoms with Gasteiger partial charge >= 0.3 is 0 Å². The van der Waals surface area contributed by atoms with Gasteiger partial charge in [0.15, 0.2) is 0 Å². The van der Waals surface area contributed by atoms with Crippen LogP contribution in [0.25, 0.3) is 0 Å². The summed E-state index contributed by atoms with van der Waals surface area (Å²) in [5.74, 6) is 1.12. The second-order valence-electron chi connectivity index (χ2n) is 5.25. The summed E-state index contributed by atoms with van der Waals surface area (Å²) in [6, 6.07) is 0. The minimum Gasteiger partial charge on any atom is -0.390 e. The van der Waals surface area contributed by atoms with E-state index in [1.54, 1.807) is 0 Å². The molecule has 84 valence electrons. The van der Waals surface area contributed by atoms with Crippen molar-refractivity contribution in [2.24, 2.45) is 11.8 Å². The van der Waals surface area contributed by atoms with Crippen LogP contribution < -0.4 is 0 Å². The van der Waals surface area contributed by atoms with E-state index in [-0.39, 0.29) is 0 Å². The molecule has 0 rings (SSSR count). The lowest BCUT2D eigenvalue weighted by molar-refractivity contribution is -0.00646. The Balaban J connectivity index is 4.24. The summed E-state index contributed by atoms with van der Waals surface area (Å²) in [6.45, 7) is 12.4. The zero-order valence-corrected chi connectivity index (χ0v) is 10.2. The van der Waals surface area contributed by atoms with Gasteiger partial charge in [0, 0.05) is 0 Å². The summed E-state index contributed by atoms with van der Waals surface area (Å²) in [5.41, 5.74) is -0.476. The lowest BCUT2D eigenvalue weighted by Crippen LogP contribution is -2.32. The van der Waals surface area contributed by atoms with E-state index >= 15 is 0 Å². The fraction of sp³-hybridized carbons (Fsp3) is 0.846. The van der Waals surface area contributed by atoms with Crippen molar-refractivity contribution in [1.82, 2.24) is 0 Å². The lowest BCUT2D eigenvalue weighted by Gasteiger charge is -2.31. The van der Waals surface area contributed by atoms with Crippen molar-refractivity contribution in [2.75, 3.05) is 0 Å². The Morgan fingerprint density at radius 1 is 1.14 bits per heavy atom. The van der Waals surface area contributed by atoms with Crippen LogP contribution in [0.1, 0.15) is 53.4 Å². The molecule has 0 atom stereocenters. The van der Waals surface area contributed by atoms with E-state index < -0.39 is 5.60 Å². The Morgan fingerprint density at radius 2 is 1.57 bits per heavy atom. The van der Waals surface area contributed by atoms with Gasteiger partial charge in [-0.05, 0) is 37.5 Å². The van der Waals surface area contributed by atoms with Gasteiger partial charge in [-0.25, -0.2) is 0 Å². The Kier molecular flexibility index (Phi) is 6.10. The summed E-state index contributed by atoms with van der Waals surface area (Å²) in [7, 11) is 0. The molecular formula is C13H26O. The van der Waals surface area contributed by atoms with Crippen molar-refractivity contribution in [1.29, 1.82) is 0 Å². The molecule has 0 radical (unpaired) electrons. The zero-order chi connectivity index (χ0) is 11.2. The standard InChI is InChI=1S/C13H26O/c1-6-7-8-13(14,9-11(2)3)10-12(4)5/h6,11-12,14H,1,7-10H2,2-5H3. The SMILES string of the molecule is C=CCCC(O)(CC(C)C)CC(C)C. The highest BCUT2D eigenvalue weighted by Gasteiger charge is 2.27. The minimum absolute atomic E-state index is 0.476. The third-order valence-electron chi connectivity index (χ3n) is 2.39. The van der Waals surface area contributed by atoms with Crippen LogP contribution in [-0.4, -0.2) is 10.7 Å². The van der Waals surface area contributed by atoms with Crippen LogP contribution in [-0.2, 0) is 0 Å². The molecule has 0 aliphatic heterocycles. The molecule has 0 aromatic carbocycles. The van der Waals surface area contributed by atoms with Crippen LogP contribution in [0, 0.1) is 11.8 Å². The molecule has 0 saturated carbocycles. The van der Waals surface area contributed by atoms with E-state index in [4.69, 9.17) is 0 Å². The fourth-order valence-electron chi connectivity index (χ4n) is 2.18. The van der Waals surface area contributed by atoms with Gasteiger partial charge in [-0.2, -0.15) is 0 Å². The number of rotatable bonds is 7. The van der Waals surface area contributed by atoms with E-state index in [0.717, 1.165) is 25.7 Å². The molecule has 0 aromatic heterocycles. The molecule has 14 heavy (non-hydrogen) atoms. The molecule has 0 spiro atoms. The van der Waals surface area contributed by atoms with Gasteiger partial charge < -0.3 is 5.11 Å². The average Bonchev–Trinajstić information content (AvgIpc) is 1.97. The van der Waals surface area contributed by atoms with Gasteiger partial charge in [0.2, 0.25) is 0 Å². The molecule has 0 unspecified atom stereocenters. The average molecular weight is 198 g/mol. The maximum atomic E-state index is 10.4. The van der Waals surface area contributed by atoms with Crippen LogP contribution in [0.5, 0.6) is 0 Å². The van der Waals surface area contributed by atoms with E-state index in [2.05, 4.69) is 34.3 Å². The first-order valence-corrected chi connectivity index (χ1v) is 5.73. The molecule has 0 heterocycles. The molecular weight excluding hydrogens is 172 g/mol. The summed E-state index contributed by atoms with van der Waals surface area (Å²) < 4.78 is 0. The van der Waals surface area contributed by atoms with Crippen molar-refractivity contribution in [3.05, 3.63) is 12.7 Å². The van der Waals surface area contributed by atoms with E-state index in [9.17, 15) is 5.11 Å². The van der Waals surface area contributed by atoms with Gasteiger partial charge in [0.25, 0.3) is 0 Å². The topological polar surface area (TPSA) is 20.2 Å². The molecule has 0 saturated heterocycles. The predicted octanol–water partition coefficient (Wildman–Crippen LogP) is 3.78. The number of allylic oxidation sites excluding steroid dienone is 1. The number of aliphatic hydroxyl groups is 1. The Morgan fingerprint density at radius 3 is 1.86 bits per heavy atom. The summed E-state index contributed by atoms with van der Waals surface area (Å²) >= 11 is 0. The van der Waals surface area contributed by atoms with Gasteiger partial charge in [0.1, 0.15) is 0 Å². The first kappa shape index (κ1) is 13.7. The summed E-state index contributed by atoms with van der Waals surface area (Å²) in [5, 5.41) is 10.4. The normalized spacial score (nSPS) is 12.5. The summed E-state index contributed by atoms with van der Waals surface area (Å²) in [4.78, 5) is 0. The summed E-state index contributed by atoms with van der Waals surface area (Å²) in [6.07, 6.45) is 5.46. The van der Waals surface area contributed by atoms with Crippen molar-refractivity contribution in [3.63, 3.8) is 0 Å². The monoisotopic (exact) mass is 198 g/mol. The molecule has 1 N–H and O–H groups in total. The van der Waals surface area contributed by atoms with E-state index in [1.165, 1.54) is 0 Å². The third-order valence-corrected chi connectivity index (χ3v) is 2.39. The molecule has 0 aromatic rings. The van der Waals surface area contributed by atoms with E-state index in [1.807, 2.05) is 6.08 Å². The molecule has 0 amide bonds. The minimum atomic E-state index is -0.476. The van der Waals surface area contributed by atoms with E-state index in [0.29, 0.717) is 11.8 Å². The van der Waals surface area contributed by atoms with Crippen LogP contribution in [0.2, 0.25) is 0 Å². The van der Waals surface area contributed by atoms with Gasteiger partial charge in [-0.1, -0.05) is 33.8 Å². The van der Waals surface area contributed by atoms with Gasteiger partial charge in [0.05, 0.1) is 5.60 Å². The number of hydrogen-bond acceptors (Lipinski definition) is 1. The van der Waals surface area contributed by atoms with Crippen molar-refractivity contribution >= 4 is 0 Å². The van der Waals surface area contributed by atoms with Crippen molar-refractivity contribution < 1.29 is 5.11 Å². The smallest absolute Gasteiger partial charge is 0.0655 e. The van der Waals surface area contributed by atoms with Crippen molar-refractivity contribution in [3.8, 4) is 0 Å². The molecule has 1 nitrogen and oxygen atoms in total. The third kappa shape index (κ3) is 6.20. The maximum Gasteiger partial charge on any atom is 0.0655 e. The molecule has 1 heteroatoms. The molecule has 0 bridgehead atoms. The highest BCUT2D eigenvalue weighted by atomic mass is 16.3. The maximum absolute atomic E-state index is 10.4. The predicted molar refractivity (Wildman–Crippen MR) is 63.3 cm³/mol. The van der Waals surface area contributed by atoms with Crippen LogP contribution >= 0.6 is 0 Å². The second-order valence-corrected chi connectivity index (χ2v) is 5.25. The molecule has 0 aliphatic rings. The molecule has 0 aliphatic carbocycles. The zero-order valence-electron chi connectivity index (χ0n) is 10.2. The number of hydrogen-bond donors (Lipinski definition) is 1. The first-order valence-electron chi connectivity index (χ1n) is 5.73. The Bertz CT molecular complexity index is 149. The highest BCUT2D eigenvalue weighted by Crippen LogP contribution is 2.29. The van der Waals surface area contributed by atoms with Crippen LogP contribution in [0.15, 0.2) is 12.7 Å². The van der Waals surface area contributed by atoms with Gasteiger partial charge in [-0.15, -0.1) is 6.58 Å².